The number of hydrogen-bond donors (Lipinski definition) is 2. The SMILES string of the molecule is Cn1ccc2cc(NC(=O)Nc3ccc(Cl)nc3)ccc21. The molecular weight excluding hydrogens is 288 g/mol. The van der Waals surface area contributed by atoms with Gasteiger partial charge >= 0.3 is 6.03 Å². The van der Waals surface area contributed by atoms with Gasteiger partial charge in [-0.15, -0.1) is 0 Å². The zero-order valence-electron chi connectivity index (χ0n) is 11.3. The Morgan fingerprint density at radius 3 is 2.67 bits per heavy atom. The van der Waals surface area contributed by atoms with Crippen LogP contribution in [-0.2, 0) is 7.05 Å². The first-order valence-electron chi connectivity index (χ1n) is 6.36. The largest absolute Gasteiger partial charge is 0.351 e. The van der Waals surface area contributed by atoms with Gasteiger partial charge in [-0.1, -0.05) is 11.6 Å². The minimum atomic E-state index is -0.325. The van der Waals surface area contributed by atoms with Crippen molar-refractivity contribution in [3.8, 4) is 0 Å². The molecule has 2 amide bonds. The number of nitrogens with zero attached hydrogens (tertiary/aromatic N) is 2. The second-order valence-corrected chi connectivity index (χ2v) is 5.04. The molecule has 0 saturated heterocycles. The second kappa shape index (κ2) is 5.46. The monoisotopic (exact) mass is 300 g/mol. The molecule has 2 heterocycles. The third kappa shape index (κ3) is 2.98. The van der Waals surface area contributed by atoms with Crippen LogP contribution in [0.2, 0.25) is 5.15 Å². The number of carbonyl (C=O) groups excluding carboxylic acids is 1. The normalized spacial score (nSPS) is 10.6. The lowest BCUT2D eigenvalue weighted by Gasteiger charge is -2.08. The van der Waals surface area contributed by atoms with Gasteiger partial charge in [-0.2, -0.15) is 0 Å². The number of urea groups is 1. The maximum atomic E-state index is 11.9. The highest BCUT2D eigenvalue weighted by Gasteiger charge is 2.05. The topological polar surface area (TPSA) is 59.0 Å². The Bertz CT molecular complexity index is 795. The maximum Gasteiger partial charge on any atom is 0.323 e. The fraction of sp³-hybridized carbons (Fsp3) is 0.0667. The van der Waals surface area contributed by atoms with E-state index < -0.39 is 0 Å². The molecule has 21 heavy (non-hydrogen) atoms. The smallest absolute Gasteiger partial charge is 0.323 e. The van der Waals surface area contributed by atoms with Gasteiger partial charge in [-0.05, 0) is 36.4 Å². The van der Waals surface area contributed by atoms with Gasteiger partial charge in [-0.3, -0.25) is 0 Å². The lowest BCUT2D eigenvalue weighted by molar-refractivity contribution is 0.262. The van der Waals surface area contributed by atoms with Crippen molar-refractivity contribution in [2.24, 2.45) is 7.05 Å². The van der Waals surface area contributed by atoms with E-state index in [-0.39, 0.29) is 6.03 Å². The molecule has 0 aliphatic rings. The molecule has 0 aliphatic carbocycles. The number of hydrogen-bond acceptors (Lipinski definition) is 2. The summed E-state index contributed by atoms with van der Waals surface area (Å²) in [6, 6.07) is 10.7. The Labute approximate surface area is 126 Å². The number of carbonyl (C=O) groups is 1. The molecule has 0 bridgehead atoms. The molecule has 5 nitrogen and oxygen atoms in total. The Hall–Kier alpha value is -2.53. The number of halogens is 1. The van der Waals surface area contributed by atoms with Crippen molar-refractivity contribution in [2.75, 3.05) is 10.6 Å². The quantitative estimate of drug-likeness (QED) is 0.706. The molecule has 1 aromatic carbocycles. The summed E-state index contributed by atoms with van der Waals surface area (Å²) in [6.07, 6.45) is 3.48. The molecule has 0 radical (unpaired) electrons. The van der Waals surface area contributed by atoms with Crippen molar-refractivity contribution >= 4 is 39.9 Å². The van der Waals surface area contributed by atoms with Crippen LogP contribution in [0.25, 0.3) is 10.9 Å². The van der Waals surface area contributed by atoms with E-state index in [1.54, 1.807) is 12.1 Å². The van der Waals surface area contributed by atoms with Crippen LogP contribution in [0.3, 0.4) is 0 Å². The maximum absolute atomic E-state index is 11.9. The molecule has 0 atom stereocenters. The van der Waals surface area contributed by atoms with E-state index in [0.717, 1.165) is 16.6 Å². The van der Waals surface area contributed by atoms with E-state index in [1.807, 2.05) is 42.1 Å². The highest BCUT2D eigenvalue weighted by molar-refractivity contribution is 6.29. The molecule has 2 N–H and O–H groups in total. The number of aromatic nitrogens is 2. The van der Waals surface area contributed by atoms with Gasteiger partial charge in [0.2, 0.25) is 0 Å². The minimum absolute atomic E-state index is 0.325. The van der Waals surface area contributed by atoms with Gasteiger partial charge in [0, 0.05) is 29.8 Å². The van der Waals surface area contributed by atoms with Crippen molar-refractivity contribution < 1.29 is 4.79 Å². The highest BCUT2D eigenvalue weighted by Crippen LogP contribution is 2.20. The zero-order valence-corrected chi connectivity index (χ0v) is 12.1. The van der Waals surface area contributed by atoms with Crippen molar-refractivity contribution in [3.63, 3.8) is 0 Å². The molecule has 0 unspecified atom stereocenters. The van der Waals surface area contributed by atoms with E-state index in [2.05, 4.69) is 15.6 Å². The molecule has 106 valence electrons. The van der Waals surface area contributed by atoms with Gasteiger partial charge in [-0.25, -0.2) is 9.78 Å². The summed E-state index contributed by atoms with van der Waals surface area (Å²) in [5.41, 5.74) is 2.42. The first-order chi connectivity index (χ1) is 10.1. The third-order valence-electron chi connectivity index (χ3n) is 3.13. The standard InChI is InChI=1S/C15H13ClN4O/c1-20-7-6-10-8-11(2-4-13(10)20)18-15(21)19-12-3-5-14(16)17-9-12/h2-9H,1H3,(H2,18,19,21). The van der Waals surface area contributed by atoms with Crippen molar-refractivity contribution in [3.05, 3.63) is 53.9 Å². The third-order valence-corrected chi connectivity index (χ3v) is 3.35. The summed E-state index contributed by atoms with van der Waals surface area (Å²) in [5.74, 6) is 0. The summed E-state index contributed by atoms with van der Waals surface area (Å²) < 4.78 is 2.03. The lowest BCUT2D eigenvalue weighted by atomic mass is 10.2. The minimum Gasteiger partial charge on any atom is -0.351 e. The molecule has 0 fully saturated rings. The highest BCUT2D eigenvalue weighted by atomic mass is 35.5. The molecule has 0 aliphatic heterocycles. The fourth-order valence-electron chi connectivity index (χ4n) is 2.10. The summed E-state index contributed by atoms with van der Waals surface area (Å²) >= 11 is 5.69. The molecule has 0 saturated carbocycles. The van der Waals surface area contributed by atoms with Crippen LogP contribution in [-0.4, -0.2) is 15.6 Å². The fourth-order valence-corrected chi connectivity index (χ4v) is 2.21. The van der Waals surface area contributed by atoms with Gasteiger partial charge in [0.15, 0.2) is 0 Å². The number of aryl methyl sites for hydroxylation is 1. The zero-order chi connectivity index (χ0) is 14.8. The number of nitrogens with one attached hydrogen (secondary N) is 2. The Kier molecular flexibility index (Phi) is 3.50. The second-order valence-electron chi connectivity index (χ2n) is 4.65. The summed E-state index contributed by atoms with van der Waals surface area (Å²) in [4.78, 5) is 15.8. The van der Waals surface area contributed by atoms with Gasteiger partial charge in [0.05, 0.1) is 11.9 Å². The van der Waals surface area contributed by atoms with Crippen LogP contribution in [0.15, 0.2) is 48.8 Å². The Balaban J connectivity index is 1.72. The number of amides is 2. The van der Waals surface area contributed by atoms with Crippen LogP contribution in [0.4, 0.5) is 16.2 Å². The Morgan fingerprint density at radius 2 is 1.90 bits per heavy atom. The molecular formula is C15H13ClN4O. The summed E-state index contributed by atoms with van der Waals surface area (Å²) in [7, 11) is 1.98. The Morgan fingerprint density at radius 1 is 1.14 bits per heavy atom. The van der Waals surface area contributed by atoms with Crippen molar-refractivity contribution in [1.82, 2.24) is 9.55 Å². The summed E-state index contributed by atoms with van der Waals surface area (Å²) in [5, 5.41) is 6.94. The number of benzene rings is 1. The molecule has 3 aromatic rings. The van der Waals surface area contributed by atoms with E-state index in [1.165, 1.54) is 6.20 Å². The predicted molar refractivity (Wildman–Crippen MR) is 84.8 cm³/mol. The molecule has 2 aromatic heterocycles. The first-order valence-corrected chi connectivity index (χ1v) is 6.74. The van der Waals surface area contributed by atoms with Crippen LogP contribution in [0, 0.1) is 0 Å². The number of anilines is 2. The van der Waals surface area contributed by atoms with Crippen LogP contribution >= 0.6 is 11.6 Å². The average molecular weight is 301 g/mol. The molecule has 0 spiro atoms. The van der Waals surface area contributed by atoms with Crippen LogP contribution < -0.4 is 10.6 Å². The molecule has 3 rings (SSSR count). The number of rotatable bonds is 2. The summed E-state index contributed by atoms with van der Waals surface area (Å²) in [6.45, 7) is 0. The first kappa shape index (κ1) is 13.5. The van der Waals surface area contributed by atoms with Gasteiger partial charge < -0.3 is 15.2 Å². The number of pyridine rings is 1. The van der Waals surface area contributed by atoms with E-state index in [0.29, 0.717) is 10.8 Å². The van der Waals surface area contributed by atoms with Crippen LogP contribution in [0.5, 0.6) is 0 Å². The van der Waals surface area contributed by atoms with Gasteiger partial charge in [0.1, 0.15) is 5.15 Å². The van der Waals surface area contributed by atoms with Gasteiger partial charge in [0.25, 0.3) is 0 Å². The predicted octanol–water partition coefficient (Wildman–Crippen LogP) is 3.87. The molecule has 6 heteroatoms. The van der Waals surface area contributed by atoms with Crippen molar-refractivity contribution in [2.45, 2.75) is 0 Å². The number of fused-ring (bicyclic) bond motifs is 1. The van der Waals surface area contributed by atoms with Crippen molar-refractivity contribution in [1.29, 1.82) is 0 Å². The lowest BCUT2D eigenvalue weighted by Crippen LogP contribution is -2.19. The average Bonchev–Trinajstić information content (AvgIpc) is 2.82. The van der Waals surface area contributed by atoms with Crippen LogP contribution in [0.1, 0.15) is 0 Å². The van der Waals surface area contributed by atoms with E-state index >= 15 is 0 Å². The van der Waals surface area contributed by atoms with E-state index in [9.17, 15) is 4.79 Å². The van der Waals surface area contributed by atoms with E-state index in [4.69, 9.17) is 11.6 Å².